The smallest absolute Gasteiger partial charge is 0.271 e. The number of fused-ring (bicyclic) bond motifs is 1. The van der Waals surface area contributed by atoms with Gasteiger partial charge in [0.05, 0.1) is 16.3 Å². The van der Waals surface area contributed by atoms with E-state index >= 15 is 0 Å². The van der Waals surface area contributed by atoms with E-state index in [1.807, 2.05) is 0 Å². The Hall–Kier alpha value is -3.55. The Morgan fingerprint density at radius 2 is 1.92 bits per heavy atom. The van der Waals surface area contributed by atoms with Crippen LogP contribution < -0.4 is 10.6 Å². The molecule has 0 aromatic heterocycles. The van der Waals surface area contributed by atoms with Crippen LogP contribution in [0.15, 0.2) is 54.0 Å². The van der Waals surface area contributed by atoms with Gasteiger partial charge in [-0.05, 0) is 12.1 Å². The average Bonchev–Trinajstić information content (AvgIpc) is 2.89. The minimum Gasteiger partial charge on any atom is -0.508 e. The first-order valence-corrected chi connectivity index (χ1v) is 7.10. The lowest BCUT2D eigenvalue weighted by atomic mass is 10.0. The number of Topliss-reactive ketones (excluding diaryl/α,β-unsaturated/α-hetero) is 1. The Labute approximate surface area is 135 Å². The second-order valence-corrected chi connectivity index (χ2v) is 5.36. The molecular weight excluding hydrogens is 314 g/mol. The molecular formula is C16H11N3O5. The SMILES string of the molecule is O=C1C2=C(Nc3cc([N+](=O)[O-])ccc3N2)OC1c1ccccc1O. The fourth-order valence-electron chi connectivity index (χ4n) is 2.71. The summed E-state index contributed by atoms with van der Waals surface area (Å²) in [6.07, 6.45) is -0.972. The molecule has 2 heterocycles. The molecule has 0 spiro atoms. The lowest BCUT2D eigenvalue weighted by Gasteiger charge is -2.19. The number of rotatable bonds is 2. The Kier molecular flexibility index (Phi) is 2.92. The fraction of sp³-hybridized carbons (Fsp3) is 0.0625. The number of nitro benzene ring substituents is 1. The molecule has 2 aromatic carbocycles. The number of nitrogens with zero attached hydrogens (tertiary/aromatic N) is 1. The molecule has 1 unspecified atom stereocenters. The van der Waals surface area contributed by atoms with Crippen molar-refractivity contribution >= 4 is 22.8 Å². The first-order valence-electron chi connectivity index (χ1n) is 7.10. The number of hydrogen-bond donors (Lipinski definition) is 3. The van der Waals surface area contributed by atoms with E-state index in [4.69, 9.17) is 4.74 Å². The zero-order valence-corrected chi connectivity index (χ0v) is 12.1. The van der Waals surface area contributed by atoms with E-state index in [1.165, 1.54) is 24.3 Å². The molecule has 8 heteroatoms. The van der Waals surface area contributed by atoms with Crippen LogP contribution in [0.4, 0.5) is 17.1 Å². The third-order valence-electron chi connectivity index (χ3n) is 3.89. The van der Waals surface area contributed by atoms with Crippen molar-refractivity contribution in [1.82, 2.24) is 0 Å². The van der Waals surface area contributed by atoms with Gasteiger partial charge in [-0.3, -0.25) is 14.9 Å². The van der Waals surface area contributed by atoms with Crippen molar-refractivity contribution in [1.29, 1.82) is 0 Å². The highest BCUT2D eigenvalue weighted by Crippen LogP contribution is 2.42. The van der Waals surface area contributed by atoms with Gasteiger partial charge in [0, 0.05) is 17.7 Å². The third kappa shape index (κ3) is 2.04. The summed E-state index contributed by atoms with van der Waals surface area (Å²) < 4.78 is 5.63. The number of carbonyl (C=O) groups is 1. The number of carbonyl (C=O) groups excluding carboxylic acids is 1. The van der Waals surface area contributed by atoms with Crippen LogP contribution in [0.2, 0.25) is 0 Å². The summed E-state index contributed by atoms with van der Waals surface area (Å²) in [5.41, 5.74) is 1.48. The molecule has 2 aromatic rings. The van der Waals surface area contributed by atoms with Crippen molar-refractivity contribution in [3.63, 3.8) is 0 Å². The van der Waals surface area contributed by atoms with E-state index in [1.54, 1.807) is 18.2 Å². The minimum absolute atomic E-state index is 0.0381. The number of nitro groups is 1. The van der Waals surface area contributed by atoms with Gasteiger partial charge in [0.2, 0.25) is 11.7 Å². The van der Waals surface area contributed by atoms with Gasteiger partial charge in [-0.25, -0.2) is 0 Å². The standard InChI is InChI=1S/C16H11N3O5/c20-12-4-2-1-3-9(12)15-14(21)13-16(24-15)18-11-7-8(19(22)23)5-6-10(11)17-13/h1-7,15,17-18,20H. The number of phenolic OH excluding ortho intramolecular Hbond substituents is 1. The molecule has 2 aliphatic heterocycles. The fourth-order valence-corrected chi connectivity index (χ4v) is 2.71. The van der Waals surface area contributed by atoms with Gasteiger partial charge in [0.1, 0.15) is 11.4 Å². The van der Waals surface area contributed by atoms with Crippen molar-refractivity contribution in [2.45, 2.75) is 6.10 Å². The van der Waals surface area contributed by atoms with Gasteiger partial charge in [0.25, 0.3) is 5.69 Å². The first kappa shape index (κ1) is 14.1. The molecule has 0 aliphatic carbocycles. The summed E-state index contributed by atoms with van der Waals surface area (Å²) >= 11 is 0. The van der Waals surface area contributed by atoms with E-state index in [0.29, 0.717) is 16.9 Å². The maximum absolute atomic E-state index is 12.6. The Morgan fingerprint density at radius 3 is 2.67 bits per heavy atom. The second-order valence-electron chi connectivity index (χ2n) is 5.36. The van der Waals surface area contributed by atoms with Crippen molar-refractivity contribution in [3.8, 4) is 5.75 Å². The normalized spacial score (nSPS) is 18.2. The van der Waals surface area contributed by atoms with Crippen molar-refractivity contribution in [3.05, 3.63) is 69.7 Å². The maximum Gasteiger partial charge on any atom is 0.271 e. The molecule has 0 radical (unpaired) electrons. The number of ketones is 1. The average molecular weight is 325 g/mol. The van der Waals surface area contributed by atoms with Crippen LogP contribution in [0.25, 0.3) is 0 Å². The Bertz CT molecular complexity index is 922. The predicted molar refractivity (Wildman–Crippen MR) is 84.3 cm³/mol. The first-order chi connectivity index (χ1) is 11.5. The van der Waals surface area contributed by atoms with E-state index in [9.17, 15) is 20.0 Å². The number of non-ortho nitro benzene ring substituents is 1. The van der Waals surface area contributed by atoms with Crippen LogP contribution in [-0.4, -0.2) is 15.8 Å². The largest absolute Gasteiger partial charge is 0.508 e. The summed E-state index contributed by atoms with van der Waals surface area (Å²) in [6.45, 7) is 0. The van der Waals surface area contributed by atoms with Crippen LogP contribution in [0.3, 0.4) is 0 Å². The molecule has 8 nitrogen and oxygen atoms in total. The van der Waals surface area contributed by atoms with Crippen molar-refractivity contribution < 1.29 is 19.6 Å². The Morgan fingerprint density at radius 1 is 1.12 bits per heavy atom. The summed E-state index contributed by atoms with van der Waals surface area (Å²) in [6, 6.07) is 10.6. The number of ether oxygens (including phenoxy) is 1. The van der Waals surface area contributed by atoms with Gasteiger partial charge in [-0.15, -0.1) is 0 Å². The molecule has 0 saturated heterocycles. The molecule has 2 aliphatic rings. The monoisotopic (exact) mass is 325 g/mol. The van der Waals surface area contributed by atoms with Crippen LogP contribution in [-0.2, 0) is 9.53 Å². The molecule has 24 heavy (non-hydrogen) atoms. The maximum atomic E-state index is 12.6. The van der Waals surface area contributed by atoms with Crippen LogP contribution >= 0.6 is 0 Å². The quantitative estimate of drug-likeness (QED) is 0.574. The molecule has 0 fully saturated rings. The lowest BCUT2D eigenvalue weighted by molar-refractivity contribution is -0.384. The summed E-state index contributed by atoms with van der Waals surface area (Å²) in [4.78, 5) is 22.9. The van der Waals surface area contributed by atoms with Gasteiger partial charge < -0.3 is 20.5 Å². The highest BCUT2D eigenvalue weighted by Gasteiger charge is 2.40. The van der Waals surface area contributed by atoms with E-state index in [-0.39, 0.29) is 28.8 Å². The topological polar surface area (TPSA) is 114 Å². The number of benzene rings is 2. The van der Waals surface area contributed by atoms with E-state index in [2.05, 4.69) is 10.6 Å². The van der Waals surface area contributed by atoms with Gasteiger partial charge >= 0.3 is 0 Å². The number of phenols is 1. The van der Waals surface area contributed by atoms with Crippen LogP contribution in [0, 0.1) is 10.1 Å². The zero-order valence-electron chi connectivity index (χ0n) is 12.1. The molecule has 0 amide bonds. The highest BCUT2D eigenvalue weighted by molar-refractivity contribution is 6.06. The molecule has 3 N–H and O–H groups in total. The molecule has 0 bridgehead atoms. The van der Waals surface area contributed by atoms with Crippen molar-refractivity contribution in [2.75, 3.05) is 10.6 Å². The van der Waals surface area contributed by atoms with Gasteiger partial charge in [-0.1, -0.05) is 18.2 Å². The Balaban J connectivity index is 1.67. The summed E-state index contributed by atoms with van der Waals surface area (Å²) in [5.74, 6) is -0.187. The third-order valence-corrected chi connectivity index (χ3v) is 3.89. The molecule has 4 rings (SSSR count). The van der Waals surface area contributed by atoms with Crippen molar-refractivity contribution in [2.24, 2.45) is 0 Å². The number of hydrogen-bond acceptors (Lipinski definition) is 7. The predicted octanol–water partition coefficient (Wildman–Crippen LogP) is 2.65. The second kappa shape index (κ2) is 4.98. The van der Waals surface area contributed by atoms with Crippen LogP contribution in [0.1, 0.15) is 11.7 Å². The summed E-state index contributed by atoms with van der Waals surface area (Å²) in [7, 11) is 0. The number of aromatic hydroxyl groups is 1. The summed E-state index contributed by atoms with van der Waals surface area (Å²) in [5, 5.41) is 26.6. The number of anilines is 2. The highest BCUT2D eigenvalue weighted by atomic mass is 16.6. The lowest BCUT2D eigenvalue weighted by Crippen LogP contribution is -2.18. The van der Waals surface area contributed by atoms with Crippen LogP contribution in [0.5, 0.6) is 5.75 Å². The zero-order chi connectivity index (χ0) is 16.8. The van der Waals surface area contributed by atoms with Gasteiger partial charge in [0.15, 0.2) is 6.10 Å². The molecule has 1 atom stereocenters. The molecule has 120 valence electrons. The minimum atomic E-state index is -0.972. The van der Waals surface area contributed by atoms with E-state index < -0.39 is 11.0 Å². The van der Waals surface area contributed by atoms with Gasteiger partial charge in [-0.2, -0.15) is 0 Å². The molecule has 0 saturated carbocycles. The number of nitrogens with one attached hydrogen (secondary N) is 2. The number of para-hydroxylation sites is 1. The van der Waals surface area contributed by atoms with E-state index in [0.717, 1.165) is 0 Å².